The van der Waals surface area contributed by atoms with Gasteiger partial charge in [-0.2, -0.15) is 22.0 Å². The maximum atomic E-state index is 13.8. The van der Waals surface area contributed by atoms with Crippen LogP contribution in [0.15, 0.2) is 0 Å². The molecule has 0 aliphatic heterocycles. The number of nitrogens with zero attached hydrogens (tertiary/aromatic N) is 1. The summed E-state index contributed by atoms with van der Waals surface area (Å²) in [4.78, 5) is 22.1. The highest BCUT2D eigenvalue weighted by Gasteiger charge is 2.66. The van der Waals surface area contributed by atoms with Crippen LogP contribution in [0.1, 0.15) is 6.92 Å². The number of hydrogen-bond donors (Lipinski definition) is 3. The monoisotopic (exact) mass is 382 g/mol. The van der Waals surface area contributed by atoms with Gasteiger partial charge in [0, 0.05) is 6.92 Å². The van der Waals surface area contributed by atoms with Gasteiger partial charge in [0.2, 0.25) is 0 Å². The van der Waals surface area contributed by atoms with Gasteiger partial charge in [0.05, 0.1) is 33.2 Å². The van der Waals surface area contributed by atoms with E-state index in [0.29, 0.717) is 0 Å². The predicted molar refractivity (Wildman–Crippen MR) is 72.6 cm³/mol. The second-order valence-electron chi connectivity index (χ2n) is 6.06. The number of aliphatic carboxylic acids is 1. The van der Waals surface area contributed by atoms with Crippen molar-refractivity contribution in [2.45, 2.75) is 31.2 Å². The van der Waals surface area contributed by atoms with Crippen LogP contribution in [0.4, 0.5) is 22.0 Å². The summed E-state index contributed by atoms with van der Waals surface area (Å²) in [6.45, 7) is -2.80. The zero-order valence-electron chi connectivity index (χ0n) is 13.8. The van der Waals surface area contributed by atoms with E-state index in [9.17, 15) is 36.6 Å². The molecule has 0 aliphatic carbocycles. The third-order valence-corrected chi connectivity index (χ3v) is 3.75. The maximum Gasteiger partial charge on any atom is 0.453 e. The molecule has 3 N–H and O–H groups in total. The average molecular weight is 382 g/mol. The Kier molecular flexibility index (Phi) is 7.73. The van der Waals surface area contributed by atoms with Crippen molar-refractivity contribution in [1.82, 2.24) is 0 Å². The highest BCUT2D eigenvalue weighted by Crippen LogP contribution is 2.44. The van der Waals surface area contributed by atoms with Crippen LogP contribution in [0, 0.1) is 5.92 Å². The molecule has 0 aromatic heterocycles. The Morgan fingerprint density at radius 3 is 1.84 bits per heavy atom. The van der Waals surface area contributed by atoms with Gasteiger partial charge in [-0.05, 0) is 0 Å². The molecule has 3 unspecified atom stereocenters. The van der Waals surface area contributed by atoms with Crippen LogP contribution in [-0.4, -0.2) is 89.8 Å². The minimum Gasteiger partial charge on any atom is -0.477 e. The van der Waals surface area contributed by atoms with Gasteiger partial charge in [0.1, 0.15) is 0 Å². The molecule has 0 spiro atoms. The van der Waals surface area contributed by atoms with Crippen molar-refractivity contribution < 1.29 is 56.1 Å². The summed E-state index contributed by atoms with van der Waals surface area (Å²) in [6, 6.07) is -1.66. The van der Waals surface area contributed by atoms with Crippen LogP contribution < -0.4 is 0 Å². The van der Waals surface area contributed by atoms with E-state index >= 15 is 0 Å². The number of carboxylic acids is 1. The first-order valence-electron chi connectivity index (χ1n) is 6.99. The van der Waals surface area contributed by atoms with E-state index in [1.807, 2.05) is 0 Å². The molecule has 0 rings (SSSR count). The van der Waals surface area contributed by atoms with Crippen LogP contribution in [0.3, 0.4) is 0 Å². The summed E-state index contributed by atoms with van der Waals surface area (Å²) in [7, 11) is 2.29. The van der Waals surface area contributed by atoms with Crippen molar-refractivity contribution in [2.75, 3.05) is 33.9 Å². The summed E-state index contributed by atoms with van der Waals surface area (Å²) in [5, 5.41) is 27.4. The third-order valence-electron chi connectivity index (χ3n) is 3.75. The number of likely N-dealkylation sites (N-methyl/N-ethyl adjacent to an activating group) is 1. The lowest BCUT2D eigenvalue weighted by Gasteiger charge is -2.43. The average Bonchev–Trinajstić information content (AvgIpc) is 2.35. The summed E-state index contributed by atoms with van der Waals surface area (Å²) in [5.74, 6) is -11.0. The van der Waals surface area contributed by atoms with Crippen molar-refractivity contribution in [1.29, 1.82) is 0 Å². The molecule has 0 aliphatic rings. The lowest BCUT2D eigenvalue weighted by molar-refractivity contribution is -0.912. The highest BCUT2D eigenvalue weighted by molar-refractivity contribution is 5.68. The Hall–Kier alpha value is -1.53. The molecule has 0 amide bonds. The summed E-state index contributed by atoms with van der Waals surface area (Å²) >= 11 is 0. The molecule has 0 radical (unpaired) electrons. The SMILES string of the molecule is CC(=O)OC(C(CO)C(F)(F)C(F)(F)F)C(CO)[N+](C)(C)CC(=O)O. The smallest absolute Gasteiger partial charge is 0.453 e. The van der Waals surface area contributed by atoms with E-state index in [4.69, 9.17) is 10.2 Å². The van der Waals surface area contributed by atoms with Gasteiger partial charge >= 0.3 is 24.0 Å². The maximum absolute atomic E-state index is 13.8. The van der Waals surface area contributed by atoms with E-state index in [0.717, 1.165) is 21.0 Å². The Bertz CT molecular complexity index is 482. The zero-order valence-corrected chi connectivity index (χ0v) is 13.8. The summed E-state index contributed by atoms with van der Waals surface area (Å²) in [5.41, 5.74) is 0. The van der Waals surface area contributed by atoms with Crippen molar-refractivity contribution in [3.8, 4) is 0 Å². The van der Waals surface area contributed by atoms with E-state index in [2.05, 4.69) is 4.74 Å². The molecule has 12 heteroatoms. The van der Waals surface area contributed by atoms with E-state index in [1.54, 1.807) is 0 Å². The molecule has 0 heterocycles. The number of carboxylic acid groups (broad SMARTS) is 1. The van der Waals surface area contributed by atoms with E-state index in [-0.39, 0.29) is 0 Å². The predicted octanol–water partition coefficient (Wildman–Crippen LogP) is 0.246. The minimum atomic E-state index is -6.05. The Morgan fingerprint density at radius 1 is 1.08 bits per heavy atom. The number of aliphatic hydroxyl groups excluding tert-OH is 2. The first-order chi connectivity index (χ1) is 11.1. The van der Waals surface area contributed by atoms with Gasteiger partial charge in [-0.15, -0.1) is 0 Å². The first kappa shape index (κ1) is 23.5. The summed E-state index contributed by atoms with van der Waals surface area (Å²) in [6.07, 6.45) is -8.35. The molecular weight excluding hydrogens is 361 g/mol. The largest absolute Gasteiger partial charge is 0.477 e. The Labute approximate surface area is 140 Å². The molecule has 148 valence electrons. The van der Waals surface area contributed by atoms with Crippen molar-refractivity contribution >= 4 is 11.9 Å². The molecule has 0 saturated carbocycles. The first-order valence-corrected chi connectivity index (χ1v) is 6.99. The normalized spacial score (nSPS) is 16.9. The second kappa shape index (κ2) is 8.23. The lowest BCUT2D eigenvalue weighted by atomic mass is 9.88. The number of quaternary nitrogens is 1. The molecule has 0 aromatic carbocycles. The fraction of sp³-hybridized carbons (Fsp3) is 0.846. The molecule has 0 saturated heterocycles. The summed E-state index contributed by atoms with van der Waals surface area (Å²) < 4.78 is 69.3. The molecule has 7 nitrogen and oxygen atoms in total. The number of rotatable bonds is 9. The Balaban J connectivity index is 6.10. The number of carbonyl (C=O) groups is 2. The van der Waals surface area contributed by atoms with Gasteiger partial charge in [-0.25, -0.2) is 4.79 Å². The number of hydrogen-bond acceptors (Lipinski definition) is 5. The van der Waals surface area contributed by atoms with Gasteiger partial charge in [0.25, 0.3) is 0 Å². The van der Waals surface area contributed by atoms with Crippen LogP contribution in [0.25, 0.3) is 0 Å². The Morgan fingerprint density at radius 2 is 1.56 bits per heavy atom. The molecular formula is C13H21F5NO6+. The number of aliphatic hydroxyl groups is 2. The quantitative estimate of drug-likeness (QED) is 0.300. The fourth-order valence-corrected chi connectivity index (χ4v) is 2.44. The molecule has 0 bridgehead atoms. The number of halogens is 5. The van der Waals surface area contributed by atoms with Crippen LogP contribution in [0.5, 0.6) is 0 Å². The van der Waals surface area contributed by atoms with E-state index in [1.165, 1.54) is 0 Å². The molecule has 25 heavy (non-hydrogen) atoms. The highest BCUT2D eigenvalue weighted by atomic mass is 19.4. The van der Waals surface area contributed by atoms with Gasteiger partial charge in [-0.3, -0.25) is 4.79 Å². The number of ether oxygens (including phenoxy) is 1. The lowest BCUT2D eigenvalue weighted by Crippen LogP contribution is -2.64. The van der Waals surface area contributed by atoms with Gasteiger partial charge < -0.3 is 24.5 Å². The zero-order chi connectivity index (χ0) is 20.2. The van der Waals surface area contributed by atoms with Crippen LogP contribution in [-0.2, 0) is 14.3 Å². The van der Waals surface area contributed by atoms with Crippen molar-refractivity contribution in [3.63, 3.8) is 0 Å². The minimum absolute atomic E-state index is 0.749. The third kappa shape index (κ3) is 5.75. The fourth-order valence-electron chi connectivity index (χ4n) is 2.44. The molecule has 0 aromatic rings. The van der Waals surface area contributed by atoms with Crippen LogP contribution in [0.2, 0.25) is 0 Å². The molecule has 3 atom stereocenters. The number of alkyl halides is 5. The van der Waals surface area contributed by atoms with Crippen molar-refractivity contribution in [3.05, 3.63) is 0 Å². The number of esters is 1. The van der Waals surface area contributed by atoms with Crippen molar-refractivity contribution in [2.24, 2.45) is 5.92 Å². The standard InChI is InChI=1S/C13H20F5NO6/c1-7(22)25-11(8(5-20)12(14,15)13(16,17)18)9(6-21)19(2,3)4-10(23)24/h8-9,11,20-21H,4-6H2,1-3H3/p+1. The number of carbonyl (C=O) groups excluding carboxylic acids is 1. The van der Waals surface area contributed by atoms with Crippen LogP contribution >= 0.6 is 0 Å². The van der Waals surface area contributed by atoms with Gasteiger partial charge in [-0.1, -0.05) is 0 Å². The van der Waals surface area contributed by atoms with Gasteiger partial charge in [0.15, 0.2) is 18.7 Å². The topological polar surface area (TPSA) is 104 Å². The second-order valence-corrected chi connectivity index (χ2v) is 6.06. The van der Waals surface area contributed by atoms with E-state index < -0.39 is 66.3 Å². The molecule has 0 fully saturated rings.